The maximum atomic E-state index is 11.4. The smallest absolute Gasteiger partial charge is 0.407 e. The van der Waals surface area contributed by atoms with Gasteiger partial charge in [0.2, 0.25) is 0 Å². The molecule has 0 spiro atoms. The highest BCUT2D eigenvalue weighted by Crippen LogP contribution is 2.26. The number of carbonyl (C=O) groups excluding carboxylic acids is 1. The first-order chi connectivity index (χ1) is 8.90. The van der Waals surface area contributed by atoms with Crippen molar-refractivity contribution in [2.75, 3.05) is 13.1 Å². The zero-order valence-electron chi connectivity index (χ0n) is 12.9. The summed E-state index contributed by atoms with van der Waals surface area (Å²) in [5.41, 5.74) is -0.421. The molecule has 1 aliphatic carbocycles. The van der Waals surface area contributed by atoms with E-state index in [9.17, 15) is 4.79 Å². The molecule has 0 aromatic carbocycles. The van der Waals surface area contributed by atoms with Gasteiger partial charge < -0.3 is 15.4 Å². The molecule has 0 heterocycles. The summed E-state index contributed by atoms with van der Waals surface area (Å²) in [4.78, 5) is 11.4. The minimum Gasteiger partial charge on any atom is -0.444 e. The largest absolute Gasteiger partial charge is 0.444 e. The lowest BCUT2D eigenvalue weighted by atomic mass is 9.84. The number of amides is 1. The highest BCUT2D eigenvalue weighted by Gasteiger charge is 2.20. The number of alkyl carbamates (subject to hydrolysis) is 1. The van der Waals surface area contributed by atoms with E-state index < -0.39 is 5.60 Å². The summed E-state index contributed by atoms with van der Waals surface area (Å²) in [6, 6.07) is 0.624. The summed E-state index contributed by atoms with van der Waals surface area (Å²) in [6.07, 6.45) is 6.21. The Kier molecular flexibility index (Phi) is 6.63. The Bertz CT molecular complexity index is 274. The van der Waals surface area contributed by atoms with Gasteiger partial charge in [0.05, 0.1) is 0 Å². The van der Waals surface area contributed by atoms with Gasteiger partial charge in [-0.25, -0.2) is 4.79 Å². The van der Waals surface area contributed by atoms with Crippen molar-refractivity contribution in [1.82, 2.24) is 10.6 Å². The van der Waals surface area contributed by atoms with E-state index >= 15 is 0 Å². The maximum absolute atomic E-state index is 11.4. The lowest BCUT2D eigenvalue weighted by Crippen LogP contribution is -2.40. The van der Waals surface area contributed by atoms with Crippen LogP contribution in [-0.2, 0) is 4.74 Å². The van der Waals surface area contributed by atoms with Crippen molar-refractivity contribution in [3.63, 3.8) is 0 Å². The third-order valence-corrected chi connectivity index (χ3v) is 3.59. The van der Waals surface area contributed by atoms with Crippen LogP contribution < -0.4 is 10.6 Å². The number of hydrogen-bond acceptors (Lipinski definition) is 3. The molecule has 1 rings (SSSR count). The Morgan fingerprint density at radius 3 is 2.63 bits per heavy atom. The van der Waals surface area contributed by atoms with E-state index in [0.29, 0.717) is 12.6 Å². The van der Waals surface area contributed by atoms with E-state index in [1.165, 1.54) is 32.1 Å². The van der Waals surface area contributed by atoms with Gasteiger partial charge in [-0.05, 0) is 39.5 Å². The summed E-state index contributed by atoms with van der Waals surface area (Å²) in [5.74, 6) is 0.880. The zero-order valence-corrected chi connectivity index (χ0v) is 12.9. The van der Waals surface area contributed by atoms with Crippen LogP contribution in [-0.4, -0.2) is 30.8 Å². The van der Waals surface area contributed by atoms with Gasteiger partial charge in [0.15, 0.2) is 0 Å². The minimum absolute atomic E-state index is 0.329. The normalized spacial score (nSPS) is 24.0. The second-order valence-corrected chi connectivity index (χ2v) is 6.52. The fourth-order valence-corrected chi connectivity index (χ4v) is 2.60. The number of nitrogens with one attached hydrogen (secondary N) is 2. The molecule has 4 nitrogen and oxygen atoms in total. The lowest BCUT2D eigenvalue weighted by molar-refractivity contribution is 0.0527. The summed E-state index contributed by atoms with van der Waals surface area (Å²) < 4.78 is 5.19. The lowest BCUT2D eigenvalue weighted by Gasteiger charge is -2.29. The van der Waals surface area contributed by atoms with Crippen molar-refractivity contribution in [2.24, 2.45) is 5.92 Å². The van der Waals surface area contributed by atoms with Crippen molar-refractivity contribution in [3.05, 3.63) is 0 Å². The first-order valence-electron chi connectivity index (χ1n) is 7.61. The number of rotatable bonds is 5. The Hall–Kier alpha value is -0.770. The fourth-order valence-electron chi connectivity index (χ4n) is 2.60. The molecule has 0 saturated heterocycles. The molecule has 1 aliphatic rings. The van der Waals surface area contributed by atoms with E-state index in [0.717, 1.165) is 12.5 Å². The summed E-state index contributed by atoms with van der Waals surface area (Å²) in [6.45, 7) is 9.34. The number of ether oxygens (including phenoxy) is 1. The summed E-state index contributed by atoms with van der Waals surface area (Å²) in [7, 11) is 0. The van der Waals surface area contributed by atoms with Crippen LogP contribution in [0.2, 0.25) is 0 Å². The SMILES string of the molecule is CCC1CCCC(NCCNC(=O)OC(C)(C)C)C1. The van der Waals surface area contributed by atoms with E-state index in [1.807, 2.05) is 20.8 Å². The molecule has 0 aromatic rings. The molecule has 4 heteroatoms. The molecule has 1 saturated carbocycles. The van der Waals surface area contributed by atoms with Crippen LogP contribution in [0.4, 0.5) is 4.79 Å². The topological polar surface area (TPSA) is 50.4 Å². The average molecular weight is 270 g/mol. The van der Waals surface area contributed by atoms with E-state index in [1.54, 1.807) is 0 Å². The molecule has 0 bridgehead atoms. The Morgan fingerprint density at radius 2 is 2.00 bits per heavy atom. The standard InChI is InChI=1S/C15H30N2O2/c1-5-12-7-6-8-13(11-12)16-9-10-17-14(18)19-15(2,3)4/h12-13,16H,5-11H2,1-4H3,(H,17,18). The first kappa shape index (κ1) is 16.3. The predicted octanol–water partition coefficient (Wildman–Crippen LogP) is 3.07. The summed E-state index contributed by atoms with van der Waals surface area (Å²) in [5, 5.41) is 6.31. The van der Waals surface area contributed by atoms with Crippen molar-refractivity contribution < 1.29 is 9.53 Å². The van der Waals surface area contributed by atoms with Gasteiger partial charge in [-0.3, -0.25) is 0 Å². The van der Waals surface area contributed by atoms with Crippen LogP contribution in [0.15, 0.2) is 0 Å². The molecule has 2 atom stereocenters. The zero-order chi connectivity index (χ0) is 14.3. The molecule has 0 aromatic heterocycles. The predicted molar refractivity (Wildman–Crippen MR) is 78.3 cm³/mol. The monoisotopic (exact) mass is 270 g/mol. The molecular weight excluding hydrogens is 240 g/mol. The minimum atomic E-state index is -0.421. The van der Waals surface area contributed by atoms with Crippen LogP contribution in [0.5, 0.6) is 0 Å². The van der Waals surface area contributed by atoms with Gasteiger partial charge in [0, 0.05) is 19.1 Å². The van der Waals surface area contributed by atoms with Crippen molar-refractivity contribution in [2.45, 2.75) is 71.4 Å². The second kappa shape index (κ2) is 7.73. The van der Waals surface area contributed by atoms with Crippen molar-refractivity contribution in [3.8, 4) is 0 Å². The molecule has 1 amide bonds. The highest BCUT2D eigenvalue weighted by molar-refractivity contribution is 5.67. The van der Waals surface area contributed by atoms with E-state index in [-0.39, 0.29) is 6.09 Å². The van der Waals surface area contributed by atoms with Crippen LogP contribution in [0.25, 0.3) is 0 Å². The van der Waals surface area contributed by atoms with Gasteiger partial charge in [-0.15, -0.1) is 0 Å². The van der Waals surface area contributed by atoms with Crippen molar-refractivity contribution >= 4 is 6.09 Å². The Balaban J connectivity index is 2.09. The van der Waals surface area contributed by atoms with Gasteiger partial charge >= 0.3 is 6.09 Å². The second-order valence-electron chi connectivity index (χ2n) is 6.52. The van der Waals surface area contributed by atoms with Gasteiger partial charge in [0.1, 0.15) is 5.60 Å². The molecular formula is C15H30N2O2. The first-order valence-corrected chi connectivity index (χ1v) is 7.61. The van der Waals surface area contributed by atoms with Crippen LogP contribution in [0, 0.1) is 5.92 Å². The van der Waals surface area contributed by atoms with Gasteiger partial charge in [0.25, 0.3) is 0 Å². The third-order valence-electron chi connectivity index (χ3n) is 3.59. The Labute approximate surface area is 117 Å². The van der Waals surface area contributed by atoms with Gasteiger partial charge in [-0.2, -0.15) is 0 Å². The molecule has 112 valence electrons. The number of hydrogen-bond donors (Lipinski definition) is 2. The molecule has 0 radical (unpaired) electrons. The van der Waals surface area contributed by atoms with Crippen LogP contribution in [0.3, 0.4) is 0 Å². The molecule has 2 unspecified atom stereocenters. The molecule has 1 fully saturated rings. The highest BCUT2D eigenvalue weighted by atomic mass is 16.6. The molecule has 0 aliphatic heterocycles. The summed E-state index contributed by atoms with van der Waals surface area (Å²) >= 11 is 0. The third kappa shape index (κ3) is 7.41. The van der Waals surface area contributed by atoms with E-state index in [4.69, 9.17) is 4.74 Å². The Morgan fingerprint density at radius 1 is 1.26 bits per heavy atom. The van der Waals surface area contributed by atoms with Crippen molar-refractivity contribution in [1.29, 1.82) is 0 Å². The van der Waals surface area contributed by atoms with Gasteiger partial charge in [-0.1, -0.05) is 26.2 Å². The quantitative estimate of drug-likeness (QED) is 0.755. The van der Waals surface area contributed by atoms with Crippen LogP contribution >= 0.6 is 0 Å². The van der Waals surface area contributed by atoms with Crippen LogP contribution in [0.1, 0.15) is 59.8 Å². The fraction of sp³-hybridized carbons (Fsp3) is 0.933. The molecule has 2 N–H and O–H groups in total. The molecule has 19 heavy (non-hydrogen) atoms. The van der Waals surface area contributed by atoms with E-state index in [2.05, 4.69) is 17.6 Å². The number of carbonyl (C=O) groups is 1. The maximum Gasteiger partial charge on any atom is 0.407 e. The average Bonchev–Trinajstić information content (AvgIpc) is 2.33.